The number of nitrogens with one attached hydrogen (secondary N) is 1. The molecule has 1 aliphatic heterocycles. The first-order chi connectivity index (χ1) is 14.5. The molecule has 1 N–H and O–H groups in total. The number of amides is 2. The summed E-state index contributed by atoms with van der Waals surface area (Å²) in [5, 5.41) is 12.3. The molecule has 0 aliphatic carbocycles. The lowest BCUT2D eigenvalue weighted by Gasteiger charge is -2.16. The summed E-state index contributed by atoms with van der Waals surface area (Å²) in [5.41, 5.74) is 2.85. The maximum absolute atomic E-state index is 12.7. The second-order valence-electron chi connectivity index (χ2n) is 6.90. The second-order valence-corrected chi connectivity index (χ2v) is 8.28. The van der Waals surface area contributed by atoms with Crippen LogP contribution in [0.2, 0.25) is 5.02 Å². The summed E-state index contributed by atoms with van der Waals surface area (Å²) in [4.78, 5) is 26.8. The average Bonchev–Trinajstić information content (AvgIpc) is 3.32. The Morgan fingerprint density at radius 2 is 1.90 bits per heavy atom. The third-order valence-electron chi connectivity index (χ3n) is 4.88. The van der Waals surface area contributed by atoms with Crippen molar-refractivity contribution in [1.82, 2.24) is 14.8 Å². The van der Waals surface area contributed by atoms with Crippen molar-refractivity contribution >= 4 is 46.6 Å². The standard InChI is InChI=1S/C21H20ClN5O2S/c1-26-18(12-19(28)23-16-8-6-15(22)7-9-16)24-25-21(26)30-13-20(29)27-11-10-14-4-2-3-5-17(14)27/h2-9H,10-13H2,1H3,(H,23,28). The second kappa shape index (κ2) is 8.89. The predicted molar refractivity (Wildman–Crippen MR) is 118 cm³/mol. The number of hydrogen-bond donors (Lipinski definition) is 1. The molecular weight excluding hydrogens is 422 g/mol. The molecule has 0 saturated heterocycles. The van der Waals surface area contributed by atoms with Crippen LogP contribution in [0.4, 0.5) is 11.4 Å². The number of para-hydroxylation sites is 1. The summed E-state index contributed by atoms with van der Waals surface area (Å²) in [6.07, 6.45) is 0.962. The largest absolute Gasteiger partial charge is 0.326 e. The van der Waals surface area contributed by atoms with Crippen molar-refractivity contribution in [2.45, 2.75) is 18.0 Å². The van der Waals surface area contributed by atoms with Crippen LogP contribution in [0.1, 0.15) is 11.4 Å². The molecule has 0 spiro atoms. The van der Waals surface area contributed by atoms with E-state index in [-0.39, 0.29) is 24.0 Å². The van der Waals surface area contributed by atoms with Crippen molar-refractivity contribution in [1.29, 1.82) is 0 Å². The van der Waals surface area contributed by atoms with Crippen LogP contribution in [0.15, 0.2) is 53.7 Å². The fourth-order valence-electron chi connectivity index (χ4n) is 3.31. The summed E-state index contributed by atoms with van der Waals surface area (Å²) in [6.45, 7) is 0.702. The maximum Gasteiger partial charge on any atom is 0.237 e. The number of benzene rings is 2. The number of anilines is 2. The summed E-state index contributed by atoms with van der Waals surface area (Å²) in [7, 11) is 1.79. The van der Waals surface area contributed by atoms with Crippen LogP contribution in [-0.2, 0) is 29.5 Å². The number of fused-ring (bicyclic) bond motifs is 1. The minimum atomic E-state index is -0.200. The van der Waals surface area contributed by atoms with Crippen molar-refractivity contribution in [3.8, 4) is 0 Å². The number of thioether (sulfide) groups is 1. The van der Waals surface area contributed by atoms with Crippen LogP contribution in [0.5, 0.6) is 0 Å². The summed E-state index contributed by atoms with van der Waals surface area (Å²) in [6, 6.07) is 14.9. The van der Waals surface area contributed by atoms with Gasteiger partial charge in [0.1, 0.15) is 5.82 Å². The van der Waals surface area contributed by atoms with Gasteiger partial charge in [0, 0.05) is 30.0 Å². The van der Waals surface area contributed by atoms with Crippen molar-refractivity contribution in [3.05, 3.63) is 64.9 Å². The van der Waals surface area contributed by atoms with Gasteiger partial charge in [0.05, 0.1) is 12.2 Å². The molecule has 4 rings (SSSR count). The van der Waals surface area contributed by atoms with Crippen LogP contribution in [0, 0.1) is 0 Å². The first-order valence-corrected chi connectivity index (χ1v) is 10.8. The Balaban J connectivity index is 1.34. The van der Waals surface area contributed by atoms with Gasteiger partial charge in [-0.05, 0) is 42.3 Å². The van der Waals surface area contributed by atoms with Crippen LogP contribution >= 0.6 is 23.4 Å². The Morgan fingerprint density at radius 3 is 2.70 bits per heavy atom. The molecule has 7 nitrogen and oxygen atoms in total. The highest BCUT2D eigenvalue weighted by Crippen LogP contribution is 2.28. The van der Waals surface area contributed by atoms with E-state index in [4.69, 9.17) is 11.6 Å². The maximum atomic E-state index is 12.7. The normalized spacial score (nSPS) is 12.7. The minimum absolute atomic E-state index is 0.0370. The zero-order chi connectivity index (χ0) is 21.1. The van der Waals surface area contributed by atoms with Gasteiger partial charge < -0.3 is 14.8 Å². The van der Waals surface area contributed by atoms with E-state index in [1.165, 1.54) is 17.3 Å². The van der Waals surface area contributed by atoms with Gasteiger partial charge in [-0.15, -0.1) is 10.2 Å². The van der Waals surface area contributed by atoms with Gasteiger partial charge in [-0.25, -0.2) is 0 Å². The SMILES string of the molecule is Cn1c(CC(=O)Nc2ccc(Cl)cc2)nnc1SCC(=O)N1CCc2ccccc21. The van der Waals surface area contributed by atoms with E-state index in [2.05, 4.69) is 21.6 Å². The molecule has 0 radical (unpaired) electrons. The molecule has 2 heterocycles. The molecule has 30 heavy (non-hydrogen) atoms. The first-order valence-electron chi connectivity index (χ1n) is 9.46. The van der Waals surface area contributed by atoms with Gasteiger partial charge in [-0.3, -0.25) is 9.59 Å². The van der Waals surface area contributed by atoms with Gasteiger partial charge in [-0.1, -0.05) is 41.6 Å². The molecule has 1 aromatic heterocycles. The van der Waals surface area contributed by atoms with E-state index in [9.17, 15) is 9.59 Å². The van der Waals surface area contributed by atoms with E-state index >= 15 is 0 Å². The summed E-state index contributed by atoms with van der Waals surface area (Å²) in [5.74, 6) is 0.629. The van der Waals surface area contributed by atoms with Gasteiger partial charge in [0.2, 0.25) is 11.8 Å². The Labute approximate surface area is 183 Å². The molecule has 0 atom stereocenters. The number of nitrogens with zero attached hydrogens (tertiary/aromatic N) is 4. The van der Waals surface area contributed by atoms with E-state index < -0.39 is 0 Å². The minimum Gasteiger partial charge on any atom is -0.326 e. The molecule has 2 aromatic carbocycles. The number of rotatable bonds is 6. The predicted octanol–water partition coefficient (Wildman–Crippen LogP) is 3.33. The molecular formula is C21H20ClN5O2S. The van der Waals surface area contributed by atoms with Crippen LogP contribution < -0.4 is 10.2 Å². The van der Waals surface area contributed by atoms with Gasteiger partial charge >= 0.3 is 0 Å². The number of carbonyl (C=O) groups excluding carboxylic acids is 2. The zero-order valence-corrected chi connectivity index (χ0v) is 17.9. The Kier molecular flexibility index (Phi) is 6.06. The lowest BCUT2D eigenvalue weighted by molar-refractivity contribution is -0.116. The third-order valence-corrected chi connectivity index (χ3v) is 6.14. The molecule has 9 heteroatoms. The van der Waals surface area contributed by atoms with Crippen molar-refractivity contribution in [2.75, 3.05) is 22.5 Å². The van der Waals surface area contributed by atoms with E-state index in [0.717, 1.165) is 12.1 Å². The molecule has 154 valence electrons. The fraction of sp³-hybridized carbons (Fsp3) is 0.238. The summed E-state index contributed by atoms with van der Waals surface area (Å²) >= 11 is 7.18. The number of hydrogen-bond acceptors (Lipinski definition) is 5. The first kappa shape index (κ1) is 20.4. The van der Waals surface area contributed by atoms with Crippen LogP contribution in [-0.4, -0.2) is 38.9 Å². The van der Waals surface area contributed by atoms with E-state index in [1.54, 1.807) is 35.9 Å². The number of halogens is 1. The highest BCUT2D eigenvalue weighted by atomic mass is 35.5. The zero-order valence-electron chi connectivity index (χ0n) is 16.3. The highest BCUT2D eigenvalue weighted by molar-refractivity contribution is 7.99. The lowest BCUT2D eigenvalue weighted by atomic mass is 10.2. The molecule has 0 fully saturated rings. The smallest absolute Gasteiger partial charge is 0.237 e. The topological polar surface area (TPSA) is 80.1 Å². The molecule has 3 aromatic rings. The Bertz CT molecular complexity index is 1080. The molecule has 0 unspecified atom stereocenters. The fourth-order valence-corrected chi connectivity index (χ4v) is 4.24. The molecule has 1 aliphatic rings. The highest BCUT2D eigenvalue weighted by Gasteiger charge is 2.24. The van der Waals surface area contributed by atoms with Crippen LogP contribution in [0.25, 0.3) is 0 Å². The molecule has 0 saturated carbocycles. The Morgan fingerprint density at radius 1 is 1.13 bits per heavy atom. The van der Waals surface area contributed by atoms with Crippen molar-refractivity contribution in [3.63, 3.8) is 0 Å². The quantitative estimate of drug-likeness (QED) is 0.593. The number of aromatic nitrogens is 3. The molecule has 2 amide bonds. The van der Waals surface area contributed by atoms with E-state index in [1.807, 2.05) is 23.1 Å². The van der Waals surface area contributed by atoms with Crippen molar-refractivity contribution < 1.29 is 9.59 Å². The van der Waals surface area contributed by atoms with E-state index in [0.29, 0.717) is 28.2 Å². The third kappa shape index (κ3) is 4.49. The van der Waals surface area contributed by atoms with Gasteiger partial charge in [0.15, 0.2) is 5.16 Å². The lowest BCUT2D eigenvalue weighted by Crippen LogP contribution is -2.30. The monoisotopic (exact) mass is 441 g/mol. The Hall–Kier alpha value is -2.84. The summed E-state index contributed by atoms with van der Waals surface area (Å²) < 4.78 is 1.75. The van der Waals surface area contributed by atoms with Crippen molar-refractivity contribution in [2.24, 2.45) is 7.05 Å². The number of carbonyl (C=O) groups is 2. The van der Waals surface area contributed by atoms with Crippen LogP contribution in [0.3, 0.4) is 0 Å². The van der Waals surface area contributed by atoms with Gasteiger partial charge in [0.25, 0.3) is 0 Å². The van der Waals surface area contributed by atoms with Gasteiger partial charge in [-0.2, -0.15) is 0 Å². The average molecular weight is 442 g/mol. The molecule has 0 bridgehead atoms.